The lowest BCUT2D eigenvalue weighted by Crippen LogP contribution is -2.44. The molecule has 5 rings (SSSR count). The van der Waals surface area contributed by atoms with Crippen LogP contribution in [0, 0.1) is 0 Å². The zero-order valence-electron chi connectivity index (χ0n) is 15.4. The van der Waals surface area contributed by atoms with E-state index in [9.17, 15) is 4.79 Å². The number of nitrogens with one attached hydrogen (secondary N) is 2. The Morgan fingerprint density at radius 3 is 2.59 bits per heavy atom. The van der Waals surface area contributed by atoms with Crippen LogP contribution in [0.4, 0.5) is 11.4 Å². The lowest BCUT2D eigenvalue weighted by molar-refractivity contribution is -0.116. The van der Waals surface area contributed by atoms with Gasteiger partial charge in [0.1, 0.15) is 0 Å². The van der Waals surface area contributed by atoms with Gasteiger partial charge in [0.25, 0.3) is 0 Å². The first-order valence-corrected chi connectivity index (χ1v) is 9.48. The molecular formula is C21H23N5O. The number of H-pyrrole nitrogens is 1. The number of carbonyl (C=O) groups excluding carboxylic acids is 1. The molecule has 2 aliphatic heterocycles. The third-order valence-electron chi connectivity index (χ3n) is 5.85. The first-order valence-electron chi connectivity index (χ1n) is 9.48. The van der Waals surface area contributed by atoms with Gasteiger partial charge in [-0.25, -0.2) is 0 Å². The summed E-state index contributed by atoms with van der Waals surface area (Å²) < 4.78 is 0. The molecule has 27 heavy (non-hydrogen) atoms. The number of aromatic nitrogens is 2. The number of carbonyl (C=O) groups is 1. The Morgan fingerprint density at radius 2 is 1.81 bits per heavy atom. The predicted molar refractivity (Wildman–Crippen MR) is 107 cm³/mol. The molecule has 6 nitrogen and oxygen atoms in total. The normalized spacial score (nSPS) is 20.6. The lowest BCUT2D eigenvalue weighted by atomic mass is 9.84. The van der Waals surface area contributed by atoms with Gasteiger partial charge in [-0.1, -0.05) is 18.2 Å². The minimum atomic E-state index is 0.0596. The Hall–Kier alpha value is -2.86. The number of anilines is 2. The van der Waals surface area contributed by atoms with E-state index < -0.39 is 0 Å². The van der Waals surface area contributed by atoms with Gasteiger partial charge in [-0.15, -0.1) is 0 Å². The van der Waals surface area contributed by atoms with Crippen LogP contribution in [0.3, 0.4) is 0 Å². The van der Waals surface area contributed by atoms with Crippen LogP contribution in [0.2, 0.25) is 0 Å². The highest BCUT2D eigenvalue weighted by molar-refractivity contribution is 6.05. The van der Waals surface area contributed by atoms with Crippen LogP contribution in [0.25, 0.3) is 10.9 Å². The quantitative estimate of drug-likeness (QED) is 0.737. The number of fused-ring (bicyclic) bond motifs is 3. The summed E-state index contributed by atoms with van der Waals surface area (Å²) >= 11 is 0. The largest absolute Gasteiger partial charge is 0.369 e. The molecule has 0 saturated carbocycles. The Bertz CT molecular complexity index is 985. The molecule has 3 heterocycles. The number of aromatic amines is 1. The second-order valence-corrected chi connectivity index (χ2v) is 7.55. The maximum Gasteiger partial charge on any atom is 0.225 e. The summed E-state index contributed by atoms with van der Waals surface area (Å²) in [4.78, 5) is 17.2. The summed E-state index contributed by atoms with van der Waals surface area (Å²) in [5.74, 6) is 0.138. The van der Waals surface area contributed by atoms with E-state index in [1.54, 1.807) is 6.20 Å². The van der Waals surface area contributed by atoms with Crippen molar-refractivity contribution in [2.45, 2.75) is 12.3 Å². The summed E-state index contributed by atoms with van der Waals surface area (Å²) in [6.45, 7) is 4.31. The van der Waals surface area contributed by atoms with Crippen molar-refractivity contribution in [3.8, 4) is 0 Å². The van der Waals surface area contributed by atoms with E-state index in [1.807, 2.05) is 6.07 Å². The highest BCUT2D eigenvalue weighted by Gasteiger charge is 2.28. The van der Waals surface area contributed by atoms with Gasteiger partial charge in [-0.05, 0) is 36.4 Å². The van der Waals surface area contributed by atoms with Crippen molar-refractivity contribution in [3.05, 3.63) is 53.7 Å². The molecule has 0 radical (unpaired) electrons. The number of piperazine rings is 1. The third-order valence-corrected chi connectivity index (χ3v) is 5.85. The smallest absolute Gasteiger partial charge is 0.225 e. The fraction of sp³-hybridized carbons (Fsp3) is 0.333. The number of rotatable bonds is 2. The second-order valence-electron chi connectivity index (χ2n) is 7.55. The summed E-state index contributed by atoms with van der Waals surface area (Å²) in [6, 6.07) is 12.9. The molecule has 2 aliphatic rings. The molecule has 2 aromatic carbocycles. The number of amides is 1. The number of hydrogen-bond acceptors (Lipinski definition) is 4. The molecule has 0 bridgehead atoms. The summed E-state index contributed by atoms with van der Waals surface area (Å²) in [6.07, 6.45) is 2.26. The van der Waals surface area contributed by atoms with Gasteiger partial charge in [0.15, 0.2) is 0 Å². The Kier molecular flexibility index (Phi) is 3.86. The number of benzene rings is 2. The molecule has 1 atom stereocenters. The minimum absolute atomic E-state index is 0.0596. The van der Waals surface area contributed by atoms with Gasteiger partial charge in [-0.2, -0.15) is 5.10 Å². The average molecular weight is 361 g/mol. The van der Waals surface area contributed by atoms with Gasteiger partial charge in [0.2, 0.25) is 5.91 Å². The molecule has 0 spiro atoms. The first-order chi connectivity index (χ1) is 13.2. The maximum absolute atomic E-state index is 12.4. The van der Waals surface area contributed by atoms with Gasteiger partial charge >= 0.3 is 0 Å². The summed E-state index contributed by atoms with van der Waals surface area (Å²) in [7, 11) is 2.17. The van der Waals surface area contributed by atoms with Gasteiger partial charge in [0, 0.05) is 49.6 Å². The van der Waals surface area contributed by atoms with Crippen LogP contribution < -0.4 is 10.2 Å². The highest BCUT2D eigenvalue weighted by atomic mass is 16.1. The van der Waals surface area contributed by atoms with Crippen LogP contribution >= 0.6 is 0 Å². The summed E-state index contributed by atoms with van der Waals surface area (Å²) in [5, 5.41) is 11.1. The van der Waals surface area contributed by atoms with E-state index in [2.05, 4.69) is 62.7 Å². The van der Waals surface area contributed by atoms with E-state index in [1.165, 1.54) is 11.3 Å². The van der Waals surface area contributed by atoms with E-state index >= 15 is 0 Å². The van der Waals surface area contributed by atoms with Crippen molar-refractivity contribution in [2.24, 2.45) is 0 Å². The van der Waals surface area contributed by atoms with Gasteiger partial charge < -0.3 is 15.1 Å². The molecule has 1 amide bonds. The van der Waals surface area contributed by atoms with Crippen molar-refractivity contribution in [2.75, 3.05) is 43.4 Å². The first kappa shape index (κ1) is 16.3. The maximum atomic E-state index is 12.4. The SMILES string of the molecule is CN1CCN(c2ccc(C3CC(=O)Nc4c3ccc3[nH]ncc43)cc2)CC1. The van der Waals surface area contributed by atoms with Crippen molar-refractivity contribution in [1.29, 1.82) is 0 Å². The fourth-order valence-corrected chi connectivity index (χ4v) is 4.23. The molecule has 1 fully saturated rings. The zero-order chi connectivity index (χ0) is 18.4. The molecule has 2 N–H and O–H groups in total. The van der Waals surface area contributed by atoms with Crippen molar-refractivity contribution < 1.29 is 4.79 Å². The van der Waals surface area contributed by atoms with E-state index in [0.717, 1.165) is 48.3 Å². The van der Waals surface area contributed by atoms with Crippen LogP contribution in [0.15, 0.2) is 42.6 Å². The van der Waals surface area contributed by atoms with Crippen LogP contribution in [0.1, 0.15) is 23.5 Å². The molecule has 1 saturated heterocycles. The van der Waals surface area contributed by atoms with Gasteiger partial charge in [-0.3, -0.25) is 9.89 Å². The number of likely N-dealkylation sites (N-methyl/N-ethyl adjacent to an activating group) is 1. The lowest BCUT2D eigenvalue weighted by Gasteiger charge is -2.34. The van der Waals surface area contributed by atoms with Crippen LogP contribution in [0.5, 0.6) is 0 Å². The van der Waals surface area contributed by atoms with Crippen LogP contribution in [-0.2, 0) is 4.79 Å². The Balaban J connectivity index is 1.47. The average Bonchev–Trinajstić information content (AvgIpc) is 3.17. The fourth-order valence-electron chi connectivity index (χ4n) is 4.23. The summed E-state index contributed by atoms with van der Waals surface area (Å²) in [5.41, 5.74) is 5.45. The molecule has 3 aromatic rings. The topological polar surface area (TPSA) is 64.3 Å². The second kappa shape index (κ2) is 6.39. The minimum Gasteiger partial charge on any atom is -0.369 e. The van der Waals surface area contributed by atoms with E-state index in [-0.39, 0.29) is 11.8 Å². The van der Waals surface area contributed by atoms with Crippen molar-refractivity contribution >= 4 is 28.2 Å². The third kappa shape index (κ3) is 2.86. The Morgan fingerprint density at radius 1 is 1.04 bits per heavy atom. The monoisotopic (exact) mass is 361 g/mol. The molecule has 138 valence electrons. The van der Waals surface area contributed by atoms with E-state index in [0.29, 0.717) is 6.42 Å². The standard InChI is InChI=1S/C21H23N5O/c1-25-8-10-26(11-9-25)15-4-2-14(3-5-15)17-12-20(27)23-21-16(17)6-7-19-18(21)13-22-24-19/h2-7,13,17H,8-12H2,1H3,(H,22,24)(H,23,27). The van der Waals surface area contributed by atoms with E-state index in [4.69, 9.17) is 0 Å². The molecule has 1 aromatic heterocycles. The van der Waals surface area contributed by atoms with Gasteiger partial charge in [0.05, 0.1) is 17.4 Å². The molecular weight excluding hydrogens is 338 g/mol. The molecule has 1 unspecified atom stereocenters. The van der Waals surface area contributed by atoms with Crippen LogP contribution in [-0.4, -0.2) is 54.2 Å². The number of hydrogen-bond donors (Lipinski definition) is 2. The predicted octanol–water partition coefficient (Wildman–Crippen LogP) is 2.79. The highest BCUT2D eigenvalue weighted by Crippen LogP contribution is 2.40. The van der Waals surface area contributed by atoms with Crippen molar-refractivity contribution in [1.82, 2.24) is 15.1 Å². The zero-order valence-corrected chi connectivity index (χ0v) is 15.4. The molecule has 6 heteroatoms. The number of nitrogens with zero attached hydrogens (tertiary/aromatic N) is 3. The molecule has 0 aliphatic carbocycles. The van der Waals surface area contributed by atoms with Crippen molar-refractivity contribution in [3.63, 3.8) is 0 Å². The Labute approximate surface area is 158 Å².